The molecule has 2 aromatic rings. The summed E-state index contributed by atoms with van der Waals surface area (Å²) < 4.78 is 21.8. The van der Waals surface area contributed by atoms with Gasteiger partial charge in [-0.1, -0.05) is 12.1 Å². The van der Waals surface area contributed by atoms with Crippen LogP contribution in [0.5, 0.6) is 23.0 Å². The topological polar surface area (TPSA) is 78.1 Å². The van der Waals surface area contributed by atoms with E-state index in [9.17, 15) is 4.79 Å². The van der Waals surface area contributed by atoms with Crippen molar-refractivity contribution in [3.05, 3.63) is 47.5 Å². The molecule has 0 bridgehead atoms. The van der Waals surface area contributed by atoms with E-state index < -0.39 is 0 Å². The van der Waals surface area contributed by atoms with Crippen molar-refractivity contribution in [2.45, 2.75) is 39.4 Å². The summed E-state index contributed by atoms with van der Waals surface area (Å²) in [5.41, 5.74) is 1.87. The number of methoxy groups -OCH3 is 1. The number of carbonyl (C=O) groups excluding carboxylic acids is 1. The number of hydrogen-bond donors (Lipinski definition) is 2. The standard InChI is InChI=1S/C22H28N2O5.ClH/c1-22(2,3)24-21(25)13-27-17-7-5-15(9-19(17)26-4)11-23-12-16-6-8-18-20(10-16)29-14-28-18;/h5-10,23H,11-14H2,1-4H3,(H,24,25);1H. The van der Waals surface area contributed by atoms with Gasteiger partial charge >= 0.3 is 0 Å². The van der Waals surface area contributed by atoms with E-state index in [1.54, 1.807) is 7.11 Å². The molecule has 0 spiro atoms. The van der Waals surface area contributed by atoms with E-state index >= 15 is 0 Å². The third kappa shape index (κ3) is 6.71. The van der Waals surface area contributed by atoms with E-state index in [0.717, 1.165) is 22.6 Å². The zero-order valence-corrected chi connectivity index (χ0v) is 18.6. The number of fused-ring (bicyclic) bond motifs is 1. The maximum Gasteiger partial charge on any atom is 0.258 e. The highest BCUT2D eigenvalue weighted by atomic mass is 35.5. The first kappa shape index (κ1) is 23.6. The highest BCUT2D eigenvalue weighted by Gasteiger charge is 2.15. The normalized spacial score (nSPS) is 12.1. The first-order valence-electron chi connectivity index (χ1n) is 9.54. The van der Waals surface area contributed by atoms with Crippen molar-refractivity contribution in [2.24, 2.45) is 0 Å². The lowest BCUT2D eigenvalue weighted by atomic mass is 10.1. The van der Waals surface area contributed by atoms with Crippen LogP contribution in [0, 0.1) is 0 Å². The van der Waals surface area contributed by atoms with Gasteiger partial charge in [0.15, 0.2) is 29.6 Å². The third-order valence-corrected chi connectivity index (χ3v) is 4.20. The molecule has 0 saturated carbocycles. The Kier molecular flexibility index (Phi) is 8.20. The van der Waals surface area contributed by atoms with Gasteiger partial charge in [0.05, 0.1) is 7.11 Å². The first-order chi connectivity index (χ1) is 13.8. The van der Waals surface area contributed by atoms with Crippen LogP contribution >= 0.6 is 12.4 Å². The van der Waals surface area contributed by atoms with E-state index in [0.29, 0.717) is 24.6 Å². The van der Waals surface area contributed by atoms with Gasteiger partial charge in [0.1, 0.15) is 0 Å². The lowest BCUT2D eigenvalue weighted by Gasteiger charge is -2.20. The molecule has 1 amide bonds. The van der Waals surface area contributed by atoms with Gasteiger partial charge in [0.25, 0.3) is 5.91 Å². The lowest BCUT2D eigenvalue weighted by molar-refractivity contribution is -0.124. The molecular weight excluding hydrogens is 408 g/mol. The number of carbonyl (C=O) groups is 1. The molecule has 3 rings (SSSR count). The predicted octanol–water partition coefficient (Wildman–Crippen LogP) is 3.43. The molecule has 1 aliphatic rings. The highest BCUT2D eigenvalue weighted by Crippen LogP contribution is 2.32. The Bertz CT molecular complexity index is 867. The molecule has 7 nitrogen and oxygen atoms in total. The van der Waals surface area contributed by atoms with Crippen LogP contribution in [0.2, 0.25) is 0 Å². The van der Waals surface area contributed by atoms with Crippen molar-refractivity contribution < 1.29 is 23.7 Å². The zero-order chi connectivity index (χ0) is 20.9. The number of nitrogens with one attached hydrogen (secondary N) is 2. The van der Waals surface area contributed by atoms with Gasteiger partial charge in [-0.3, -0.25) is 4.79 Å². The van der Waals surface area contributed by atoms with Crippen LogP contribution < -0.4 is 29.6 Å². The minimum absolute atomic E-state index is 0. The number of hydrogen-bond acceptors (Lipinski definition) is 6. The molecule has 2 aromatic carbocycles. The zero-order valence-electron chi connectivity index (χ0n) is 17.7. The molecule has 1 aliphatic heterocycles. The Balaban J connectivity index is 0.00000320. The van der Waals surface area contributed by atoms with Crippen LogP contribution in [0.4, 0.5) is 0 Å². The molecule has 0 saturated heterocycles. The van der Waals surface area contributed by atoms with Gasteiger partial charge in [0.2, 0.25) is 6.79 Å². The van der Waals surface area contributed by atoms with E-state index in [1.807, 2.05) is 57.2 Å². The summed E-state index contributed by atoms with van der Waals surface area (Å²) in [6.45, 7) is 7.36. The van der Waals surface area contributed by atoms with Crippen molar-refractivity contribution in [3.63, 3.8) is 0 Å². The molecule has 1 heterocycles. The fourth-order valence-electron chi connectivity index (χ4n) is 2.94. The lowest BCUT2D eigenvalue weighted by Crippen LogP contribution is -2.43. The van der Waals surface area contributed by atoms with Gasteiger partial charge in [0, 0.05) is 18.6 Å². The van der Waals surface area contributed by atoms with Crippen LogP contribution in [0.3, 0.4) is 0 Å². The second kappa shape index (κ2) is 10.4. The van der Waals surface area contributed by atoms with Crippen molar-refractivity contribution in [1.29, 1.82) is 0 Å². The van der Waals surface area contributed by atoms with E-state index in [-0.39, 0.29) is 37.3 Å². The van der Waals surface area contributed by atoms with Crippen LogP contribution in [0.1, 0.15) is 31.9 Å². The average molecular weight is 437 g/mol. The summed E-state index contributed by atoms with van der Waals surface area (Å²) in [7, 11) is 1.58. The molecule has 0 aliphatic carbocycles. The minimum atomic E-state index is -0.294. The van der Waals surface area contributed by atoms with Crippen molar-refractivity contribution in [3.8, 4) is 23.0 Å². The Labute approximate surface area is 183 Å². The SMILES string of the molecule is COc1cc(CNCc2ccc3c(c2)OCO3)ccc1OCC(=O)NC(C)(C)C.Cl. The fourth-order valence-corrected chi connectivity index (χ4v) is 2.94. The molecule has 0 fully saturated rings. The molecule has 164 valence electrons. The van der Waals surface area contributed by atoms with Gasteiger partial charge in [-0.15, -0.1) is 12.4 Å². The molecule has 0 aromatic heterocycles. The van der Waals surface area contributed by atoms with Gasteiger partial charge in [-0.05, 0) is 56.2 Å². The maximum atomic E-state index is 11.9. The molecule has 0 unspecified atom stereocenters. The minimum Gasteiger partial charge on any atom is -0.493 e. The number of halogens is 1. The highest BCUT2D eigenvalue weighted by molar-refractivity contribution is 5.85. The fraction of sp³-hybridized carbons (Fsp3) is 0.409. The quantitative estimate of drug-likeness (QED) is 0.660. The average Bonchev–Trinajstić information content (AvgIpc) is 3.13. The summed E-state index contributed by atoms with van der Waals surface area (Å²) in [4.78, 5) is 11.9. The van der Waals surface area contributed by atoms with Crippen LogP contribution in [-0.4, -0.2) is 32.0 Å². The third-order valence-electron chi connectivity index (χ3n) is 4.20. The monoisotopic (exact) mass is 436 g/mol. The number of rotatable bonds is 8. The van der Waals surface area contributed by atoms with Crippen molar-refractivity contribution >= 4 is 18.3 Å². The largest absolute Gasteiger partial charge is 0.493 e. The number of amides is 1. The van der Waals surface area contributed by atoms with Crippen LogP contribution in [-0.2, 0) is 17.9 Å². The smallest absolute Gasteiger partial charge is 0.258 e. The van der Waals surface area contributed by atoms with Crippen molar-refractivity contribution in [1.82, 2.24) is 10.6 Å². The summed E-state index contributed by atoms with van der Waals surface area (Å²) in [6.07, 6.45) is 0. The number of benzene rings is 2. The summed E-state index contributed by atoms with van der Waals surface area (Å²) in [5.74, 6) is 2.52. The van der Waals surface area contributed by atoms with E-state index in [2.05, 4.69) is 10.6 Å². The summed E-state index contributed by atoms with van der Waals surface area (Å²) in [5, 5.41) is 6.26. The molecule has 2 N–H and O–H groups in total. The Morgan fingerprint density at radius 3 is 2.37 bits per heavy atom. The number of ether oxygens (including phenoxy) is 4. The molecule has 8 heteroatoms. The molecule has 0 atom stereocenters. The van der Waals surface area contributed by atoms with E-state index in [4.69, 9.17) is 18.9 Å². The second-order valence-corrected chi connectivity index (χ2v) is 7.86. The predicted molar refractivity (Wildman–Crippen MR) is 117 cm³/mol. The Morgan fingerprint density at radius 2 is 1.67 bits per heavy atom. The van der Waals surface area contributed by atoms with Gasteiger partial charge in [-0.2, -0.15) is 0 Å². The maximum absolute atomic E-state index is 11.9. The first-order valence-corrected chi connectivity index (χ1v) is 9.54. The summed E-state index contributed by atoms with van der Waals surface area (Å²) in [6, 6.07) is 11.6. The van der Waals surface area contributed by atoms with Crippen LogP contribution in [0.25, 0.3) is 0 Å². The van der Waals surface area contributed by atoms with Crippen LogP contribution in [0.15, 0.2) is 36.4 Å². The summed E-state index contributed by atoms with van der Waals surface area (Å²) >= 11 is 0. The molecule has 0 radical (unpaired) electrons. The molecule has 30 heavy (non-hydrogen) atoms. The second-order valence-electron chi connectivity index (χ2n) is 7.86. The Morgan fingerprint density at radius 1 is 1.00 bits per heavy atom. The van der Waals surface area contributed by atoms with Crippen molar-refractivity contribution in [2.75, 3.05) is 20.5 Å². The molecular formula is C22H29ClN2O5. The Hall–Kier alpha value is -2.64. The van der Waals surface area contributed by atoms with E-state index in [1.165, 1.54) is 0 Å². The van der Waals surface area contributed by atoms with Gasteiger partial charge in [-0.25, -0.2) is 0 Å². The van der Waals surface area contributed by atoms with Gasteiger partial charge < -0.3 is 29.6 Å².